The number of hydrogen-bond donors (Lipinski definition) is 1. The molecular weight excluding hydrogens is 440 g/mol. The third-order valence-corrected chi connectivity index (χ3v) is 7.29. The van der Waals surface area contributed by atoms with E-state index in [4.69, 9.17) is 4.74 Å². The lowest BCUT2D eigenvalue weighted by Crippen LogP contribution is -2.47. The molecule has 33 heavy (non-hydrogen) atoms. The number of carbonyl (C=O) groups is 2. The molecule has 2 saturated carbocycles. The predicted octanol–water partition coefficient (Wildman–Crippen LogP) is 2.53. The number of imide groups is 1. The topological polar surface area (TPSA) is 65.1 Å². The zero-order valence-electron chi connectivity index (χ0n) is 19.6. The smallest absolute Gasteiger partial charge is 0.247 e. The molecule has 8 heteroatoms. The number of halogens is 1. The van der Waals surface area contributed by atoms with Crippen molar-refractivity contribution in [2.24, 2.45) is 11.8 Å². The SMILES string of the molecule is CC1C(=O)N(CCCN2CCN(c3ccccc3OCC3CC3)CC2)C(=O)C1NC1CC1.Cl. The highest BCUT2D eigenvalue weighted by Crippen LogP contribution is 2.33. The summed E-state index contributed by atoms with van der Waals surface area (Å²) in [6, 6.07) is 8.49. The molecule has 1 aromatic carbocycles. The fraction of sp³-hybridized carbons (Fsp3) is 0.680. The van der Waals surface area contributed by atoms with E-state index < -0.39 is 0 Å². The number of anilines is 1. The third-order valence-electron chi connectivity index (χ3n) is 7.29. The number of likely N-dealkylation sites (tertiary alicyclic amines) is 1. The second-order valence-corrected chi connectivity index (χ2v) is 9.94. The number of amides is 2. The van der Waals surface area contributed by atoms with Crippen LogP contribution in [0.2, 0.25) is 0 Å². The van der Waals surface area contributed by atoms with Crippen molar-refractivity contribution in [3.8, 4) is 5.75 Å². The van der Waals surface area contributed by atoms with Crippen LogP contribution in [0.4, 0.5) is 5.69 Å². The zero-order valence-corrected chi connectivity index (χ0v) is 20.4. The maximum atomic E-state index is 12.7. The molecule has 1 aromatic rings. The van der Waals surface area contributed by atoms with Gasteiger partial charge in [-0.2, -0.15) is 0 Å². The molecular formula is C25H37ClN4O3. The molecule has 0 bridgehead atoms. The molecule has 7 nitrogen and oxygen atoms in total. The highest BCUT2D eigenvalue weighted by molar-refractivity contribution is 6.06. The van der Waals surface area contributed by atoms with Gasteiger partial charge in [-0.25, -0.2) is 0 Å². The first-order chi connectivity index (χ1) is 15.6. The summed E-state index contributed by atoms with van der Waals surface area (Å²) in [7, 11) is 0. The molecule has 182 valence electrons. The molecule has 4 fully saturated rings. The average Bonchev–Trinajstić information content (AvgIpc) is 3.73. The van der Waals surface area contributed by atoms with E-state index in [1.807, 2.05) is 6.92 Å². The van der Waals surface area contributed by atoms with Crippen LogP contribution in [0.15, 0.2) is 24.3 Å². The Balaban J connectivity index is 0.00000259. The number of nitrogens with zero attached hydrogens (tertiary/aromatic N) is 3. The van der Waals surface area contributed by atoms with Crippen LogP contribution in [-0.2, 0) is 9.59 Å². The van der Waals surface area contributed by atoms with E-state index in [1.165, 1.54) is 23.4 Å². The number of benzene rings is 1. The highest BCUT2D eigenvalue weighted by Gasteiger charge is 2.46. The van der Waals surface area contributed by atoms with E-state index in [2.05, 4.69) is 39.4 Å². The molecule has 2 amide bonds. The Labute approximate surface area is 203 Å². The zero-order chi connectivity index (χ0) is 22.1. The number of piperazine rings is 1. The minimum atomic E-state index is -0.319. The van der Waals surface area contributed by atoms with Crippen molar-refractivity contribution in [2.75, 3.05) is 50.8 Å². The van der Waals surface area contributed by atoms with Crippen LogP contribution < -0.4 is 15.0 Å². The van der Waals surface area contributed by atoms with Gasteiger partial charge in [-0.3, -0.25) is 19.4 Å². The number of rotatable bonds is 10. The van der Waals surface area contributed by atoms with Gasteiger partial charge in [0, 0.05) is 38.8 Å². The minimum absolute atomic E-state index is 0. The predicted molar refractivity (Wildman–Crippen MR) is 131 cm³/mol. The normalized spacial score (nSPS) is 26.0. The lowest BCUT2D eigenvalue weighted by Gasteiger charge is -2.37. The first-order valence-electron chi connectivity index (χ1n) is 12.4. The molecule has 4 aliphatic rings. The molecule has 0 spiro atoms. The first kappa shape index (κ1) is 24.3. The molecule has 2 saturated heterocycles. The van der Waals surface area contributed by atoms with E-state index in [9.17, 15) is 9.59 Å². The van der Waals surface area contributed by atoms with E-state index in [1.54, 1.807) is 0 Å². The van der Waals surface area contributed by atoms with E-state index in [-0.39, 0.29) is 36.2 Å². The number of para-hydroxylation sites is 2. The van der Waals surface area contributed by atoms with E-state index in [0.717, 1.165) is 70.3 Å². The van der Waals surface area contributed by atoms with Gasteiger partial charge >= 0.3 is 0 Å². The summed E-state index contributed by atoms with van der Waals surface area (Å²) in [6.07, 6.45) is 5.67. The van der Waals surface area contributed by atoms with Crippen molar-refractivity contribution in [1.82, 2.24) is 15.1 Å². The molecule has 2 heterocycles. The standard InChI is InChI=1S/C25H36N4O3.ClH/c1-18-23(26-20-9-10-20)25(31)29(24(18)30)12-4-11-27-13-15-28(16-14-27)21-5-2-3-6-22(21)32-17-19-7-8-19;/h2-3,5-6,18-20,23,26H,4,7-17H2,1H3;1H. The van der Waals surface area contributed by atoms with Gasteiger partial charge in [0.25, 0.3) is 0 Å². The molecule has 5 rings (SSSR count). The van der Waals surface area contributed by atoms with Crippen LogP contribution in [0.3, 0.4) is 0 Å². The molecule has 2 aliphatic carbocycles. The molecule has 2 atom stereocenters. The molecule has 0 radical (unpaired) electrons. The van der Waals surface area contributed by atoms with Gasteiger partial charge in [0.2, 0.25) is 11.8 Å². The van der Waals surface area contributed by atoms with Gasteiger partial charge < -0.3 is 15.0 Å². The first-order valence-corrected chi connectivity index (χ1v) is 12.4. The van der Waals surface area contributed by atoms with Crippen LogP contribution in [-0.4, -0.2) is 79.6 Å². The van der Waals surface area contributed by atoms with Crippen LogP contribution >= 0.6 is 12.4 Å². The van der Waals surface area contributed by atoms with Crippen molar-refractivity contribution in [1.29, 1.82) is 0 Å². The number of ether oxygens (including phenoxy) is 1. The second kappa shape index (κ2) is 10.6. The Morgan fingerprint density at radius 2 is 1.70 bits per heavy atom. The lowest BCUT2D eigenvalue weighted by molar-refractivity contribution is -0.139. The molecule has 2 aliphatic heterocycles. The van der Waals surface area contributed by atoms with Crippen molar-refractivity contribution >= 4 is 29.9 Å². The summed E-state index contributed by atoms with van der Waals surface area (Å²) in [5.41, 5.74) is 1.20. The van der Waals surface area contributed by atoms with Gasteiger partial charge in [-0.05, 0) is 56.7 Å². The largest absolute Gasteiger partial charge is 0.491 e. The van der Waals surface area contributed by atoms with E-state index in [0.29, 0.717) is 12.6 Å². The Bertz CT molecular complexity index is 837. The maximum Gasteiger partial charge on any atom is 0.247 e. The fourth-order valence-corrected chi connectivity index (χ4v) is 4.82. The molecule has 1 N–H and O–H groups in total. The summed E-state index contributed by atoms with van der Waals surface area (Å²) < 4.78 is 6.10. The van der Waals surface area contributed by atoms with Gasteiger partial charge in [0.1, 0.15) is 5.75 Å². The van der Waals surface area contributed by atoms with Gasteiger partial charge in [0.15, 0.2) is 0 Å². The Morgan fingerprint density at radius 1 is 0.970 bits per heavy atom. The summed E-state index contributed by atoms with van der Waals surface area (Å²) in [5, 5.41) is 3.36. The molecule has 0 aromatic heterocycles. The van der Waals surface area contributed by atoms with Crippen LogP contribution in [0.1, 0.15) is 39.0 Å². The van der Waals surface area contributed by atoms with Crippen molar-refractivity contribution < 1.29 is 14.3 Å². The third kappa shape index (κ3) is 5.81. The fourth-order valence-electron chi connectivity index (χ4n) is 4.82. The Kier molecular flexibility index (Phi) is 7.82. The van der Waals surface area contributed by atoms with Gasteiger partial charge in [-0.1, -0.05) is 19.1 Å². The monoisotopic (exact) mass is 476 g/mol. The average molecular weight is 477 g/mol. The van der Waals surface area contributed by atoms with Crippen LogP contribution in [0, 0.1) is 11.8 Å². The summed E-state index contributed by atoms with van der Waals surface area (Å²) in [5.74, 6) is 1.47. The van der Waals surface area contributed by atoms with Crippen molar-refractivity contribution in [3.63, 3.8) is 0 Å². The van der Waals surface area contributed by atoms with Gasteiger partial charge in [0.05, 0.1) is 24.3 Å². The number of nitrogens with one attached hydrogen (secondary N) is 1. The van der Waals surface area contributed by atoms with Crippen LogP contribution in [0.5, 0.6) is 5.75 Å². The van der Waals surface area contributed by atoms with Crippen LogP contribution in [0.25, 0.3) is 0 Å². The Hall–Kier alpha value is -1.83. The minimum Gasteiger partial charge on any atom is -0.491 e. The van der Waals surface area contributed by atoms with Crippen molar-refractivity contribution in [2.45, 2.75) is 51.1 Å². The quantitative estimate of drug-likeness (QED) is 0.523. The van der Waals surface area contributed by atoms with E-state index >= 15 is 0 Å². The number of hydrogen-bond acceptors (Lipinski definition) is 6. The highest BCUT2D eigenvalue weighted by atomic mass is 35.5. The summed E-state index contributed by atoms with van der Waals surface area (Å²) in [4.78, 5) is 31.6. The van der Waals surface area contributed by atoms with Gasteiger partial charge in [-0.15, -0.1) is 12.4 Å². The summed E-state index contributed by atoms with van der Waals surface area (Å²) >= 11 is 0. The second-order valence-electron chi connectivity index (χ2n) is 9.94. The molecule has 2 unspecified atom stereocenters. The Morgan fingerprint density at radius 3 is 2.39 bits per heavy atom. The number of carbonyl (C=O) groups excluding carboxylic acids is 2. The lowest BCUT2D eigenvalue weighted by atomic mass is 10.1. The summed E-state index contributed by atoms with van der Waals surface area (Å²) in [6.45, 7) is 8.07. The maximum absolute atomic E-state index is 12.7. The van der Waals surface area contributed by atoms with Crippen molar-refractivity contribution in [3.05, 3.63) is 24.3 Å².